The van der Waals surface area contributed by atoms with Crippen molar-refractivity contribution in [1.82, 2.24) is 4.98 Å². The molecule has 0 fully saturated rings. The fourth-order valence-electron chi connectivity index (χ4n) is 2.04. The van der Waals surface area contributed by atoms with Gasteiger partial charge in [-0.1, -0.05) is 6.07 Å². The second-order valence-electron chi connectivity index (χ2n) is 4.89. The zero-order valence-corrected chi connectivity index (χ0v) is 12.6. The van der Waals surface area contributed by atoms with E-state index in [0.29, 0.717) is 0 Å². The van der Waals surface area contributed by atoms with Crippen LogP contribution in [-0.4, -0.2) is 17.9 Å². The molecule has 0 saturated heterocycles. The maximum Gasteiger partial charge on any atom is 0.0812 e. The number of hydrogen-bond acceptors (Lipinski definition) is 4. The maximum atomic E-state index is 4.41. The van der Waals surface area contributed by atoms with E-state index < -0.39 is 0 Å². The molecule has 4 heteroatoms. The van der Waals surface area contributed by atoms with Crippen molar-refractivity contribution in [2.24, 2.45) is 9.98 Å². The van der Waals surface area contributed by atoms with Crippen molar-refractivity contribution in [2.45, 2.75) is 0 Å². The Hall–Kier alpha value is -3.27. The molecule has 2 aromatic carbocycles. The monoisotopic (exact) mass is 300 g/mol. The van der Waals surface area contributed by atoms with E-state index in [9.17, 15) is 0 Å². The summed E-state index contributed by atoms with van der Waals surface area (Å²) < 4.78 is 0. The van der Waals surface area contributed by atoms with E-state index >= 15 is 0 Å². The molecule has 3 rings (SSSR count). The van der Waals surface area contributed by atoms with Crippen LogP contribution in [0.2, 0.25) is 0 Å². The molecule has 0 bridgehead atoms. The number of benzene rings is 2. The fraction of sp³-hybridized carbons (Fsp3) is 0. The highest BCUT2D eigenvalue weighted by Crippen LogP contribution is 2.22. The maximum absolute atomic E-state index is 4.41. The van der Waals surface area contributed by atoms with Crippen LogP contribution in [0.5, 0.6) is 0 Å². The molecular weight excluding hydrogens is 284 g/mol. The van der Waals surface area contributed by atoms with E-state index in [0.717, 1.165) is 28.4 Å². The molecule has 4 nitrogen and oxygen atoms in total. The smallest absolute Gasteiger partial charge is 0.0812 e. The predicted octanol–water partition coefficient (Wildman–Crippen LogP) is 4.91. The number of hydrogen-bond donors (Lipinski definition) is 1. The summed E-state index contributed by atoms with van der Waals surface area (Å²) in [4.78, 5) is 12.5. The van der Waals surface area contributed by atoms with Crippen LogP contribution < -0.4 is 5.32 Å². The number of rotatable bonds is 5. The number of nitrogens with one attached hydrogen (secondary N) is 1. The first-order valence-electron chi connectivity index (χ1n) is 7.22. The van der Waals surface area contributed by atoms with E-state index in [4.69, 9.17) is 0 Å². The third-order valence-corrected chi connectivity index (χ3v) is 3.24. The van der Waals surface area contributed by atoms with E-state index in [-0.39, 0.29) is 0 Å². The van der Waals surface area contributed by atoms with E-state index in [1.807, 2.05) is 66.7 Å². The summed E-state index contributed by atoms with van der Waals surface area (Å²) in [5.74, 6) is 0. The SMILES string of the molecule is C=Nc1ccc(Nc2ccc(N=Cc3ccccn3)cc2)cc1. The zero-order chi connectivity index (χ0) is 15.9. The molecule has 23 heavy (non-hydrogen) atoms. The fourth-order valence-corrected chi connectivity index (χ4v) is 2.04. The lowest BCUT2D eigenvalue weighted by Crippen LogP contribution is -1.89. The molecule has 112 valence electrons. The van der Waals surface area contributed by atoms with Crippen LogP contribution in [0, 0.1) is 0 Å². The average molecular weight is 300 g/mol. The molecule has 0 radical (unpaired) electrons. The molecule has 0 aliphatic rings. The molecule has 1 heterocycles. The third-order valence-electron chi connectivity index (χ3n) is 3.24. The van der Waals surface area contributed by atoms with Gasteiger partial charge in [0.25, 0.3) is 0 Å². The molecule has 0 unspecified atom stereocenters. The molecule has 1 N–H and O–H groups in total. The molecule has 1 aromatic heterocycles. The Labute approximate surface area is 135 Å². The Balaban J connectivity index is 1.66. The zero-order valence-electron chi connectivity index (χ0n) is 12.6. The van der Waals surface area contributed by atoms with Crippen LogP contribution in [-0.2, 0) is 0 Å². The summed E-state index contributed by atoms with van der Waals surface area (Å²) in [6, 6.07) is 21.4. The Morgan fingerprint density at radius 1 is 0.826 bits per heavy atom. The number of pyridine rings is 1. The lowest BCUT2D eigenvalue weighted by atomic mass is 10.2. The quantitative estimate of drug-likeness (QED) is 0.681. The second-order valence-corrected chi connectivity index (χ2v) is 4.89. The van der Waals surface area contributed by atoms with Crippen LogP contribution in [0.3, 0.4) is 0 Å². The van der Waals surface area contributed by atoms with Gasteiger partial charge in [0, 0.05) is 17.6 Å². The predicted molar refractivity (Wildman–Crippen MR) is 96.9 cm³/mol. The molecule has 0 saturated carbocycles. The Kier molecular flexibility index (Phi) is 4.55. The molecular formula is C19H16N4. The first kappa shape index (κ1) is 14.7. The first-order valence-corrected chi connectivity index (χ1v) is 7.22. The molecule has 0 amide bonds. The van der Waals surface area contributed by atoms with Gasteiger partial charge in [-0.25, -0.2) is 0 Å². The van der Waals surface area contributed by atoms with Crippen molar-refractivity contribution in [3.05, 3.63) is 78.6 Å². The number of aliphatic imine (C=N–C) groups is 2. The molecule has 0 aliphatic heterocycles. The lowest BCUT2D eigenvalue weighted by Gasteiger charge is -2.06. The highest BCUT2D eigenvalue weighted by atomic mass is 14.9. The van der Waals surface area contributed by atoms with Crippen molar-refractivity contribution >= 4 is 35.7 Å². The van der Waals surface area contributed by atoms with Gasteiger partial charge in [0.15, 0.2) is 0 Å². The van der Waals surface area contributed by atoms with Gasteiger partial charge in [0.2, 0.25) is 0 Å². The Bertz CT molecular complexity index is 791. The minimum Gasteiger partial charge on any atom is -0.356 e. The summed E-state index contributed by atoms with van der Waals surface area (Å²) in [5, 5.41) is 3.33. The van der Waals surface area contributed by atoms with Gasteiger partial charge in [-0.2, -0.15) is 0 Å². The summed E-state index contributed by atoms with van der Waals surface area (Å²) >= 11 is 0. The van der Waals surface area contributed by atoms with E-state index in [1.54, 1.807) is 12.4 Å². The molecule has 3 aromatic rings. The van der Waals surface area contributed by atoms with Crippen molar-refractivity contribution in [1.29, 1.82) is 0 Å². The molecule has 0 spiro atoms. The van der Waals surface area contributed by atoms with E-state index in [2.05, 4.69) is 27.0 Å². The normalized spacial score (nSPS) is 10.6. The Morgan fingerprint density at radius 2 is 1.48 bits per heavy atom. The van der Waals surface area contributed by atoms with Gasteiger partial charge in [0.05, 0.1) is 23.3 Å². The minimum absolute atomic E-state index is 0.839. The van der Waals surface area contributed by atoms with Crippen molar-refractivity contribution < 1.29 is 0 Å². The summed E-state index contributed by atoms with van der Waals surface area (Å²) in [7, 11) is 0. The first-order chi connectivity index (χ1) is 11.3. The summed E-state index contributed by atoms with van der Waals surface area (Å²) in [6.07, 6.45) is 3.50. The van der Waals surface area contributed by atoms with Gasteiger partial charge in [-0.15, -0.1) is 0 Å². The van der Waals surface area contributed by atoms with Crippen molar-refractivity contribution in [2.75, 3.05) is 5.32 Å². The summed E-state index contributed by atoms with van der Waals surface area (Å²) in [5.41, 5.74) is 4.58. The highest BCUT2D eigenvalue weighted by Gasteiger charge is 1.96. The van der Waals surface area contributed by atoms with Gasteiger partial charge in [-0.05, 0) is 67.4 Å². The minimum atomic E-state index is 0.839. The van der Waals surface area contributed by atoms with Crippen LogP contribution >= 0.6 is 0 Å². The van der Waals surface area contributed by atoms with Gasteiger partial charge >= 0.3 is 0 Å². The largest absolute Gasteiger partial charge is 0.356 e. The highest BCUT2D eigenvalue weighted by molar-refractivity contribution is 5.79. The number of nitrogens with zero attached hydrogens (tertiary/aromatic N) is 3. The lowest BCUT2D eigenvalue weighted by molar-refractivity contribution is 1.30. The number of aromatic nitrogens is 1. The van der Waals surface area contributed by atoms with Gasteiger partial charge in [-0.3, -0.25) is 15.0 Å². The topological polar surface area (TPSA) is 49.6 Å². The summed E-state index contributed by atoms with van der Waals surface area (Å²) in [6.45, 7) is 3.51. The van der Waals surface area contributed by atoms with Crippen LogP contribution in [0.1, 0.15) is 5.69 Å². The van der Waals surface area contributed by atoms with Gasteiger partial charge in [0.1, 0.15) is 0 Å². The molecule has 0 atom stereocenters. The third kappa shape index (κ3) is 4.11. The Morgan fingerprint density at radius 3 is 2.04 bits per heavy atom. The molecule has 0 aliphatic carbocycles. The second kappa shape index (κ2) is 7.13. The van der Waals surface area contributed by atoms with Crippen molar-refractivity contribution in [3.8, 4) is 0 Å². The van der Waals surface area contributed by atoms with Crippen molar-refractivity contribution in [3.63, 3.8) is 0 Å². The standard InChI is InChI=1S/C19H16N4/c1-20-15-5-9-17(10-6-15)23-18-11-7-16(8-12-18)22-14-19-4-2-3-13-21-19/h2-14,23H,1H2. The van der Waals surface area contributed by atoms with Crippen LogP contribution in [0.4, 0.5) is 22.7 Å². The van der Waals surface area contributed by atoms with Crippen LogP contribution in [0.15, 0.2) is 82.9 Å². The van der Waals surface area contributed by atoms with Crippen LogP contribution in [0.25, 0.3) is 0 Å². The van der Waals surface area contributed by atoms with E-state index in [1.165, 1.54) is 0 Å². The number of anilines is 2. The average Bonchev–Trinajstić information content (AvgIpc) is 2.63. The van der Waals surface area contributed by atoms with Gasteiger partial charge < -0.3 is 5.32 Å².